The number of hydrogen-bond acceptors (Lipinski definition) is 1. The molecule has 4 unspecified atom stereocenters. The van der Waals surface area contributed by atoms with Crippen LogP contribution in [0, 0.1) is 23.7 Å². The Morgan fingerprint density at radius 3 is 2.16 bits per heavy atom. The first-order valence-corrected chi connectivity index (χ1v) is 7.24. The predicted octanol–water partition coefficient (Wildman–Crippen LogP) is 2.64. The van der Waals surface area contributed by atoms with Gasteiger partial charge in [0, 0.05) is 0 Å². The summed E-state index contributed by atoms with van der Waals surface area (Å²) in [6.07, 6.45) is 7.94. The van der Waals surface area contributed by atoms with Crippen molar-refractivity contribution in [3.05, 3.63) is 48.0 Å². The summed E-state index contributed by atoms with van der Waals surface area (Å²) in [6.45, 7) is 0. The van der Waals surface area contributed by atoms with E-state index >= 15 is 0 Å². The number of nitrogens with two attached hydrogens (primary N) is 1. The Kier molecular flexibility index (Phi) is 2.21. The van der Waals surface area contributed by atoms with Crippen molar-refractivity contribution in [1.82, 2.24) is 0 Å². The van der Waals surface area contributed by atoms with E-state index in [0.717, 1.165) is 18.4 Å². The summed E-state index contributed by atoms with van der Waals surface area (Å²) in [5.74, 6) is 2.60. The number of allylic oxidation sites excluding steroid dienone is 2. The van der Waals surface area contributed by atoms with E-state index in [9.17, 15) is 4.79 Å². The van der Waals surface area contributed by atoms with Gasteiger partial charge in [0.25, 0.3) is 0 Å². The van der Waals surface area contributed by atoms with Crippen molar-refractivity contribution >= 4 is 5.91 Å². The minimum Gasteiger partial charge on any atom is -0.369 e. The number of benzene rings is 1. The number of rotatable bonds is 2. The Morgan fingerprint density at radius 1 is 1.05 bits per heavy atom. The fourth-order valence-electron chi connectivity index (χ4n) is 4.86. The standard InChI is InChI=1S/C17H19NO/c18-16(19)17(13-4-2-1-3-5-13)9-14-11-6-7-12(8-11)15(14)10-17/h1-7,11-12,14-15H,8-10H2,(H2,18,19). The van der Waals surface area contributed by atoms with E-state index in [-0.39, 0.29) is 5.91 Å². The zero-order valence-electron chi connectivity index (χ0n) is 11.0. The van der Waals surface area contributed by atoms with Crippen LogP contribution < -0.4 is 5.73 Å². The van der Waals surface area contributed by atoms with Crippen molar-refractivity contribution < 1.29 is 4.79 Å². The molecule has 0 radical (unpaired) electrons. The Morgan fingerprint density at radius 2 is 1.63 bits per heavy atom. The Balaban J connectivity index is 1.75. The second-order valence-corrected chi connectivity index (χ2v) is 6.50. The van der Waals surface area contributed by atoms with E-state index in [2.05, 4.69) is 24.3 Å². The molecular formula is C17H19NO. The minimum absolute atomic E-state index is 0.132. The van der Waals surface area contributed by atoms with Crippen LogP contribution in [0.15, 0.2) is 42.5 Å². The molecule has 2 fully saturated rings. The highest BCUT2D eigenvalue weighted by Gasteiger charge is 2.57. The summed E-state index contributed by atoms with van der Waals surface area (Å²) in [7, 11) is 0. The van der Waals surface area contributed by atoms with Crippen molar-refractivity contribution in [3.63, 3.8) is 0 Å². The largest absolute Gasteiger partial charge is 0.369 e. The fraction of sp³-hybridized carbons (Fsp3) is 0.471. The molecule has 1 aromatic carbocycles. The second-order valence-electron chi connectivity index (χ2n) is 6.50. The van der Waals surface area contributed by atoms with Gasteiger partial charge in [0.15, 0.2) is 0 Å². The molecule has 1 aromatic rings. The molecule has 0 aromatic heterocycles. The van der Waals surface area contributed by atoms with Gasteiger partial charge in [0.05, 0.1) is 5.41 Å². The van der Waals surface area contributed by atoms with Gasteiger partial charge < -0.3 is 5.73 Å². The molecule has 2 nitrogen and oxygen atoms in total. The lowest BCUT2D eigenvalue weighted by Crippen LogP contribution is -2.39. The van der Waals surface area contributed by atoms with Gasteiger partial charge in [-0.1, -0.05) is 42.5 Å². The van der Waals surface area contributed by atoms with Gasteiger partial charge >= 0.3 is 0 Å². The first-order valence-electron chi connectivity index (χ1n) is 7.24. The quantitative estimate of drug-likeness (QED) is 0.809. The van der Waals surface area contributed by atoms with Gasteiger partial charge in [-0.2, -0.15) is 0 Å². The van der Waals surface area contributed by atoms with Crippen molar-refractivity contribution in [2.75, 3.05) is 0 Å². The fourth-order valence-corrected chi connectivity index (χ4v) is 4.86. The average molecular weight is 253 g/mol. The molecule has 0 saturated heterocycles. The van der Waals surface area contributed by atoms with E-state index in [0.29, 0.717) is 23.7 Å². The summed E-state index contributed by atoms with van der Waals surface area (Å²) in [5, 5.41) is 0. The SMILES string of the molecule is NC(=O)C1(c2ccccc2)CC2C3C=CC(C3)C2C1. The number of amides is 1. The van der Waals surface area contributed by atoms with Crippen LogP contribution in [0.1, 0.15) is 24.8 Å². The smallest absolute Gasteiger partial charge is 0.228 e. The molecule has 1 amide bonds. The summed E-state index contributed by atoms with van der Waals surface area (Å²) in [6, 6.07) is 10.2. The first-order chi connectivity index (χ1) is 9.21. The maximum atomic E-state index is 12.2. The van der Waals surface area contributed by atoms with E-state index < -0.39 is 5.41 Å². The van der Waals surface area contributed by atoms with Crippen molar-refractivity contribution in [1.29, 1.82) is 0 Å². The van der Waals surface area contributed by atoms with Crippen LogP contribution in [0.2, 0.25) is 0 Å². The molecule has 0 aliphatic heterocycles. The Labute approximate surface area is 113 Å². The number of carbonyl (C=O) groups excluding carboxylic acids is 1. The number of primary amides is 1. The molecule has 19 heavy (non-hydrogen) atoms. The van der Waals surface area contributed by atoms with Crippen molar-refractivity contribution in [2.45, 2.75) is 24.7 Å². The van der Waals surface area contributed by atoms with Crippen LogP contribution in [0.3, 0.4) is 0 Å². The maximum Gasteiger partial charge on any atom is 0.228 e. The topological polar surface area (TPSA) is 43.1 Å². The lowest BCUT2D eigenvalue weighted by molar-refractivity contribution is -0.123. The average Bonchev–Trinajstić information content (AvgIpc) is 3.11. The summed E-state index contributed by atoms with van der Waals surface area (Å²) in [5.41, 5.74) is 6.52. The molecular weight excluding hydrogens is 234 g/mol. The lowest BCUT2D eigenvalue weighted by Gasteiger charge is -2.28. The van der Waals surface area contributed by atoms with Gasteiger partial charge in [-0.15, -0.1) is 0 Å². The summed E-state index contributed by atoms with van der Waals surface area (Å²) in [4.78, 5) is 12.2. The Bertz CT molecular complexity index is 528. The van der Waals surface area contributed by atoms with Gasteiger partial charge in [0.2, 0.25) is 5.91 Å². The van der Waals surface area contributed by atoms with Crippen LogP contribution in [0.5, 0.6) is 0 Å². The zero-order valence-corrected chi connectivity index (χ0v) is 11.0. The molecule has 98 valence electrons. The van der Waals surface area contributed by atoms with Crippen LogP contribution in [-0.2, 0) is 10.2 Å². The zero-order chi connectivity index (χ0) is 13.0. The van der Waals surface area contributed by atoms with Crippen LogP contribution in [0.25, 0.3) is 0 Å². The molecule has 2 heteroatoms. The molecule has 0 heterocycles. The highest BCUT2D eigenvalue weighted by Crippen LogP contribution is 2.61. The van der Waals surface area contributed by atoms with Crippen molar-refractivity contribution in [3.8, 4) is 0 Å². The summed E-state index contributed by atoms with van der Waals surface area (Å²) < 4.78 is 0. The third-order valence-electron chi connectivity index (χ3n) is 5.77. The minimum atomic E-state index is -0.417. The molecule has 2 N–H and O–H groups in total. The van der Waals surface area contributed by atoms with Crippen LogP contribution >= 0.6 is 0 Å². The van der Waals surface area contributed by atoms with Crippen molar-refractivity contribution in [2.24, 2.45) is 29.4 Å². The van der Waals surface area contributed by atoms with Gasteiger partial charge in [-0.05, 0) is 48.5 Å². The molecule has 2 saturated carbocycles. The lowest BCUT2D eigenvalue weighted by atomic mass is 9.75. The predicted molar refractivity (Wildman–Crippen MR) is 74.3 cm³/mol. The third kappa shape index (κ3) is 1.40. The maximum absolute atomic E-state index is 12.2. The normalized spacial score (nSPS) is 42.5. The second kappa shape index (κ2) is 3.72. The monoisotopic (exact) mass is 253 g/mol. The number of hydrogen-bond donors (Lipinski definition) is 1. The molecule has 3 aliphatic carbocycles. The van der Waals surface area contributed by atoms with Gasteiger partial charge in [-0.25, -0.2) is 0 Å². The first kappa shape index (κ1) is 11.3. The van der Waals surface area contributed by atoms with Crippen LogP contribution in [-0.4, -0.2) is 5.91 Å². The molecule has 0 spiro atoms. The number of carbonyl (C=O) groups is 1. The molecule has 4 atom stereocenters. The van der Waals surface area contributed by atoms with Crippen LogP contribution in [0.4, 0.5) is 0 Å². The van der Waals surface area contributed by atoms with E-state index in [1.54, 1.807) is 0 Å². The highest BCUT2D eigenvalue weighted by atomic mass is 16.1. The Hall–Kier alpha value is -1.57. The highest BCUT2D eigenvalue weighted by molar-refractivity contribution is 5.87. The van der Waals surface area contributed by atoms with Gasteiger partial charge in [-0.3, -0.25) is 4.79 Å². The number of fused-ring (bicyclic) bond motifs is 5. The van der Waals surface area contributed by atoms with E-state index in [1.807, 2.05) is 18.2 Å². The summed E-state index contributed by atoms with van der Waals surface area (Å²) >= 11 is 0. The van der Waals surface area contributed by atoms with E-state index in [4.69, 9.17) is 5.73 Å². The van der Waals surface area contributed by atoms with E-state index in [1.165, 1.54) is 6.42 Å². The van der Waals surface area contributed by atoms with Gasteiger partial charge in [0.1, 0.15) is 0 Å². The molecule has 3 aliphatic rings. The molecule has 4 rings (SSSR count). The third-order valence-corrected chi connectivity index (χ3v) is 5.77. The molecule has 2 bridgehead atoms.